The molecule has 0 saturated heterocycles. The number of nitrogens with one attached hydrogen (secondary N) is 1. The molecule has 0 aliphatic rings. The van der Waals surface area contributed by atoms with Gasteiger partial charge in [-0.1, -0.05) is 6.92 Å². The Hall–Kier alpha value is -1.52. The molecule has 0 fully saturated rings. The number of hydrogen-bond acceptors (Lipinski definition) is 3. The van der Waals surface area contributed by atoms with Crippen LogP contribution in [0.5, 0.6) is 0 Å². The highest BCUT2D eigenvalue weighted by molar-refractivity contribution is 5.67. The molecule has 12 heavy (non-hydrogen) atoms. The van der Waals surface area contributed by atoms with Crippen molar-refractivity contribution in [3.63, 3.8) is 0 Å². The van der Waals surface area contributed by atoms with Crippen LogP contribution in [-0.2, 0) is 4.79 Å². The first-order valence-electron chi connectivity index (χ1n) is 3.61. The largest absolute Gasteiger partial charge is 0.481 e. The molecule has 5 nitrogen and oxygen atoms in total. The van der Waals surface area contributed by atoms with E-state index in [2.05, 4.69) is 9.97 Å². The molecular weight excluding hydrogens is 158 g/mol. The summed E-state index contributed by atoms with van der Waals surface area (Å²) in [4.78, 5) is 17.0. The summed E-state index contributed by atoms with van der Waals surface area (Å²) in [7, 11) is 0. The van der Waals surface area contributed by atoms with Crippen molar-refractivity contribution in [3.05, 3.63) is 12.0 Å². The topological polar surface area (TPSA) is 92.0 Å². The summed E-state index contributed by atoms with van der Waals surface area (Å²) in [6, 6.07) is 0. The molecule has 1 rings (SSSR count). The van der Waals surface area contributed by atoms with E-state index in [1.54, 1.807) is 6.92 Å². The van der Waals surface area contributed by atoms with Crippen LogP contribution in [0.25, 0.3) is 0 Å². The van der Waals surface area contributed by atoms with Gasteiger partial charge in [-0.25, -0.2) is 4.98 Å². The highest BCUT2D eigenvalue weighted by Gasteiger charge is 2.12. The first-order chi connectivity index (χ1) is 5.59. The number of H-pyrrole nitrogens is 1. The second-order valence-corrected chi connectivity index (χ2v) is 2.72. The van der Waals surface area contributed by atoms with Crippen LogP contribution in [-0.4, -0.2) is 21.0 Å². The third kappa shape index (κ3) is 1.98. The van der Waals surface area contributed by atoms with Gasteiger partial charge >= 0.3 is 5.97 Å². The maximum atomic E-state index is 10.3. The second kappa shape index (κ2) is 3.25. The Balaban J connectivity index is 2.64. The first kappa shape index (κ1) is 8.58. The lowest BCUT2D eigenvalue weighted by Crippen LogP contribution is -2.04. The molecule has 0 saturated carbocycles. The number of anilines is 1. The van der Waals surface area contributed by atoms with Gasteiger partial charge in [0.2, 0.25) is 0 Å². The summed E-state index contributed by atoms with van der Waals surface area (Å²) in [6.07, 6.45) is 1.54. The van der Waals surface area contributed by atoms with Gasteiger partial charge in [0.15, 0.2) is 0 Å². The van der Waals surface area contributed by atoms with Crippen molar-refractivity contribution in [3.8, 4) is 0 Å². The average molecular weight is 169 g/mol. The Morgan fingerprint density at radius 1 is 1.92 bits per heavy atom. The van der Waals surface area contributed by atoms with E-state index in [0.717, 1.165) is 0 Å². The van der Waals surface area contributed by atoms with Gasteiger partial charge in [0.25, 0.3) is 0 Å². The molecule has 1 aromatic rings. The van der Waals surface area contributed by atoms with E-state index in [1.165, 1.54) is 6.20 Å². The molecule has 1 unspecified atom stereocenters. The van der Waals surface area contributed by atoms with Gasteiger partial charge in [-0.2, -0.15) is 0 Å². The number of hydrogen-bond donors (Lipinski definition) is 3. The van der Waals surface area contributed by atoms with Crippen LogP contribution in [0.15, 0.2) is 6.20 Å². The summed E-state index contributed by atoms with van der Waals surface area (Å²) in [5.41, 5.74) is 5.38. The molecule has 0 aromatic carbocycles. The van der Waals surface area contributed by atoms with Crippen molar-refractivity contribution in [1.29, 1.82) is 0 Å². The number of aromatic amines is 1. The van der Waals surface area contributed by atoms with Crippen LogP contribution in [0, 0.1) is 0 Å². The van der Waals surface area contributed by atoms with E-state index in [4.69, 9.17) is 10.8 Å². The fourth-order valence-corrected chi connectivity index (χ4v) is 0.961. The number of nitrogens with zero attached hydrogens (tertiary/aromatic N) is 1. The quantitative estimate of drug-likeness (QED) is 0.616. The Labute approximate surface area is 69.6 Å². The SMILES string of the molecule is CC(CC(=O)O)c1ncc(N)[nH]1. The average Bonchev–Trinajstić information content (AvgIpc) is 2.34. The Bertz CT molecular complexity index is 282. The Kier molecular flexibility index (Phi) is 2.32. The molecule has 0 radical (unpaired) electrons. The predicted octanol–water partition coefficient (Wildman–Crippen LogP) is 0.570. The Morgan fingerprint density at radius 2 is 2.58 bits per heavy atom. The summed E-state index contributed by atoms with van der Waals surface area (Å²) in [5.74, 6) is 0.120. The van der Waals surface area contributed by atoms with E-state index >= 15 is 0 Å². The van der Waals surface area contributed by atoms with Crippen LogP contribution < -0.4 is 5.73 Å². The third-order valence-corrected chi connectivity index (χ3v) is 1.56. The van der Waals surface area contributed by atoms with Crippen LogP contribution in [0.3, 0.4) is 0 Å². The zero-order valence-corrected chi connectivity index (χ0v) is 6.74. The highest BCUT2D eigenvalue weighted by Crippen LogP contribution is 2.15. The molecule has 1 atom stereocenters. The minimum atomic E-state index is -0.836. The molecule has 0 spiro atoms. The smallest absolute Gasteiger partial charge is 0.304 e. The molecule has 4 N–H and O–H groups in total. The second-order valence-electron chi connectivity index (χ2n) is 2.72. The summed E-state index contributed by atoms with van der Waals surface area (Å²) >= 11 is 0. The predicted molar refractivity (Wildman–Crippen MR) is 43.7 cm³/mol. The molecule has 0 aliphatic heterocycles. The van der Waals surface area contributed by atoms with Gasteiger partial charge in [-0.05, 0) is 0 Å². The number of carboxylic acids is 1. The number of imidazole rings is 1. The minimum absolute atomic E-state index is 0.0625. The van der Waals surface area contributed by atoms with Crippen LogP contribution in [0.4, 0.5) is 5.82 Å². The molecule has 5 heteroatoms. The number of nitrogen functional groups attached to an aromatic ring is 1. The lowest BCUT2D eigenvalue weighted by molar-refractivity contribution is -0.137. The molecule has 1 heterocycles. The maximum Gasteiger partial charge on any atom is 0.304 e. The highest BCUT2D eigenvalue weighted by atomic mass is 16.4. The van der Waals surface area contributed by atoms with Crippen molar-refractivity contribution in [2.45, 2.75) is 19.3 Å². The summed E-state index contributed by atoms with van der Waals surface area (Å²) in [6.45, 7) is 1.78. The summed E-state index contributed by atoms with van der Waals surface area (Å²) < 4.78 is 0. The number of aromatic nitrogens is 2. The van der Waals surface area contributed by atoms with Crippen LogP contribution in [0.2, 0.25) is 0 Å². The van der Waals surface area contributed by atoms with Crippen molar-refractivity contribution >= 4 is 11.8 Å². The zero-order valence-electron chi connectivity index (χ0n) is 6.74. The van der Waals surface area contributed by atoms with Crippen molar-refractivity contribution < 1.29 is 9.90 Å². The number of rotatable bonds is 3. The van der Waals surface area contributed by atoms with Gasteiger partial charge in [-0.15, -0.1) is 0 Å². The van der Waals surface area contributed by atoms with Gasteiger partial charge in [0.1, 0.15) is 11.6 Å². The van der Waals surface area contributed by atoms with Gasteiger partial charge < -0.3 is 15.8 Å². The number of nitrogens with two attached hydrogens (primary N) is 1. The maximum absolute atomic E-state index is 10.3. The molecule has 1 aromatic heterocycles. The molecule has 0 bridgehead atoms. The fourth-order valence-electron chi connectivity index (χ4n) is 0.961. The minimum Gasteiger partial charge on any atom is -0.481 e. The van der Waals surface area contributed by atoms with Gasteiger partial charge in [0.05, 0.1) is 12.6 Å². The molecular formula is C7H11N3O2. The van der Waals surface area contributed by atoms with E-state index in [9.17, 15) is 4.79 Å². The van der Waals surface area contributed by atoms with Gasteiger partial charge in [-0.3, -0.25) is 4.79 Å². The van der Waals surface area contributed by atoms with E-state index < -0.39 is 5.97 Å². The number of carbonyl (C=O) groups is 1. The normalized spacial score (nSPS) is 12.8. The van der Waals surface area contributed by atoms with Crippen molar-refractivity contribution in [1.82, 2.24) is 9.97 Å². The Morgan fingerprint density at radius 3 is 3.00 bits per heavy atom. The molecule has 0 amide bonds. The monoisotopic (exact) mass is 169 g/mol. The summed E-state index contributed by atoms with van der Waals surface area (Å²) in [5, 5.41) is 8.48. The lowest BCUT2D eigenvalue weighted by atomic mass is 10.1. The number of carboxylic acid groups (broad SMARTS) is 1. The van der Waals surface area contributed by atoms with Gasteiger partial charge in [0, 0.05) is 5.92 Å². The standard InChI is InChI=1S/C7H11N3O2/c1-4(2-6(11)12)7-9-3-5(8)10-7/h3-4H,2,8H2,1H3,(H,9,10)(H,11,12). The third-order valence-electron chi connectivity index (χ3n) is 1.56. The lowest BCUT2D eigenvalue weighted by Gasteiger charge is -2.03. The molecule has 0 aliphatic carbocycles. The van der Waals surface area contributed by atoms with Crippen molar-refractivity contribution in [2.24, 2.45) is 0 Å². The molecule has 66 valence electrons. The van der Waals surface area contributed by atoms with Crippen LogP contribution >= 0.6 is 0 Å². The number of aliphatic carboxylic acids is 1. The van der Waals surface area contributed by atoms with Crippen LogP contribution in [0.1, 0.15) is 25.1 Å². The van der Waals surface area contributed by atoms with E-state index in [1.807, 2.05) is 0 Å². The van der Waals surface area contributed by atoms with E-state index in [-0.39, 0.29) is 12.3 Å². The fraction of sp³-hybridized carbons (Fsp3) is 0.429. The van der Waals surface area contributed by atoms with E-state index in [0.29, 0.717) is 11.6 Å². The zero-order chi connectivity index (χ0) is 9.14. The van der Waals surface area contributed by atoms with Crippen molar-refractivity contribution in [2.75, 3.05) is 5.73 Å². The first-order valence-corrected chi connectivity index (χ1v) is 3.61.